The van der Waals surface area contributed by atoms with E-state index >= 15 is 0 Å². The second-order valence-electron chi connectivity index (χ2n) is 5.18. The number of rotatable bonds is 1. The Bertz CT molecular complexity index is 490. The smallest absolute Gasteiger partial charge is 0.254 e. The molecule has 94 valence electrons. The van der Waals surface area contributed by atoms with Gasteiger partial charge in [0.1, 0.15) is 0 Å². The van der Waals surface area contributed by atoms with E-state index in [2.05, 4.69) is 19.9 Å². The van der Waals surface area contributed by atoms with E-state index < -0.39 is 0 Å². The van der Waals surface area contributed by atoms with Gasteiger partial charge in [-0.1, -0.05) is 13.0 Å². The van der Waals surface area contributed by atoms with E-state index in [1.165, 1.54) is 6.42 Å². The number of hydrogen-bond donors (Lipinski definition) is 0. The van der Waals surface area contributed by atoms with E-state index in [4.69, 9.17) is 5.26 Å². The number of hydrogen-bond acceptors (Lipinski definition) is 2. The number of amides is 1. The van der Waals surface area contributed by atoms with E-state index in [0.29, 0.717) is 23.1 Å². The molecule has 1 aromatic carbocycles. The minimum absolute atomic E-state index is 0.0474. The van der Waals surface area contributed by atoms with Crippen molar-refractivity contribution >= 4 is 5.91 Å². The normalized spacial score (nSPS) is 23.5. The fraction of sp³-hybridized carbons (Fsp3) is 0.467. The molecule has 18 heavy (non-hydrogen) atoms. The van der Waals surface area contributed by atoms with Gasteiger partial charge in [0.25, 0.3) is 5.91 Å². The number of nitrogens with zero attached hydrogens (tertiary/aromatic N) is 2. The van der Waals surface area contributed by atoms with E-state index in [1.54, 1.807) is 24.3 Å². The first-order chi connectivity index (χ1) is 8.61. The van der Waals surface area contributed by atoms with Crippen molar-refractivity contribution in [1.82, 2.24) is 4.90 Å². The molecule has 2 atom stereocenters. The van der Waals surface area contributed by atoms with Crippen molar-refractivity contribution in [2.45, 2.75) is 32.7 Å². The third kappa shape index (κ3) is 2.53. The molecule has 0 saturated carbocycles. The van der Waals surface area contributed by atoms with Crippen molar-refractivity contribution in [3.8, 4) is 6.07 Å². The monoisotopic (exact) mass is 242 g/mol. The highest BCUT2D eigenvalue weighted by Crippen LogP contribution is 2.23. The van der Waals surface area contributed by atoms with E-state index in [9.17, 15) is 4.79 Å². The molecule has 0 spiro atoms. The maximum atomic E-state index is 12.4. The summed E-state index contributed by atoms with van der Waals surface area (Å²) in [6.07, 6.45) is 2.24. The molecule has 3 nitrogen and oxygen atoms in total. The minimum atomic E-state index is 0.0474. The lowest BCUT2D eigenvalue weighted by atomic mass is 9.94. The lowest BCUT2D eigenvalue weighted by Gasteiger charge is -2.36. The SMILES string of the molecule is CC1CCC(C)N(C(=O)c2cccc(C#N)c2)C1. The van der Waals surface area contributed by atoms with Crippen LogP contribution in [0, 0.1) is 17.2 Å². The minimum Gasteiger partial charge on any atom is -0.336 e. The molecule has 3 heteroatoms. The van der Waals surface area contributed by atoms with Crippen LogP contribution in [0.25, 0.3) is 0 Å². The topological polar surface area (TPSA) is 44.1 Å². The third-order valence-electron chi connectivity index (χ3n) is 3.62. The van der Waals surface area contributed by atoms with Crippen LogP contribution in [-0.2, 0) is 0 Å². The van der Waals surface area contributed by atoms with Crippen molar-refractivity contribution in [1.29, 1.82) is 5.26 Å². The summed E-state index contributed by atoms with van der Waals surface area (Å²) in [5, 5.41) is 8.87. The van der Waals surface area contributed by atoms with Gasteiger partial charge >= 0.3 is 0 Å². The molecular weight excluding hydrogens is 224 g/mol. The average molecular weight is 242 g/mol. The highest BCUT2D eigenvalue weighted by atomic mass is 16.2. The summed E-state index contributed by atoms with van der Waals surface area (Å²) in [5.41, 5.74) is 1.16. The van der Waals surface area contributed by atoms with Gasteiger partial charge < -0.3 is 4.90 Å². The molecule has 1 saturated heterocycles. The van der Waals surface area contributed by atoms with Crippen LogP contribution >= 0.6 is 0 Å². The summed E-state index contributed by atoms with van der Waals surface area (Å²) < 4.78 is 0. The Morgan fingerprint density at radius 2 is 2.17 bits per heavy atom. The van der Waals surface area contributed by atoms with Crippen molar-refractivity contribution in [3.05, 3.63) is 35.4 Å². The van der Waals surface area contributed by atoms with Crippen LogP contribution in [0.5, 0.6) is 0 Å². The van der Waals surface area contributed by atoms with Crippen molar-refractivity contribution in [3.63, 3.8) is 0 Å². The molecule has 1 aliphatic heterocycles. The Kier molecular flexibility index (Phi) is 3.66. The average Bonchev–Trinajstić information content (AvgIpc) is 2.41. The van der Waals surface area contributed by atoms with Crippen molar-refractivity contribution in [2.24, 2.45) is 5.92 Å². The van der Waals surface area contributed by atoms with Crippen LogP contribution < -0.4 is 0 Å². The lowest BCUT2D eigenvalue weighted by Crippen LogP contribution is -2.44. The Labute approximate surface area is 108 Å². The molecule has 1 heterocycles. The summed E-state index contributed by atoms with van der Waals surface area (Å²) in [7, 11) is 0. The van der Waals surface area contributed by atoms with Gasteiger partial charge in [-0.15, -0.1) is 0 Å². The van der Waals surface area contributed by atoms with E-state index in [0.717, 1.165) is 13.0 Å². The first-order valence-corrected chi connectivity index (χ1v) is 6.43. The molecule has 2 unspecified atom stereocenters. The van der Waals surface area contributed by atoms with Gasteiger partial charge in [-0.2, -0.15) is 5.26 Å². The van der Waals surface area contributed by atoms with Crippen molar-refractivity contribution < 1.29 is 4.79 Å². The molecule has 1 aromatic rings. The summed E-state index contributed by atoms with van der Waals surface area (Å²) in [6.45, 7) is 5.09. The molecule has 0 aliphatic carbocycles. The van der Waals surface area contributed by atoms with Crippen LogP contribution in [-0.4, -0.2) is 23.4 Å². The first-order valence-electron chi connectivity index (χ1n) is 6.43. The van der Waals surface area contributed by atoms with Gasteiger partial charge in [-0.05, 0) is 43.9 Å². The number of benzene rings is 1. The fourth-order valence-electron chi connectivity index (χ4n) is 2.46. The number of nitriles is 1. The molecule has 1 aliphatic rings. The zero-order valence-electron chi connectivity index (χ0n) is 10.9. The Morgan fingerprint density at radius 3 is 2.89 bits per heavy atom. The highest BCUT2D eigenvalue weighted by Gasteiger charge is 2.27. The quantitative estimate of drug-likeness (QED) is 0.760. The molecule has 1 fully saturated rings. The molecule has 0 N–H and O–H groups in total. The van der Waals surface area contributed by atoms with E-state index in [-0.39, 0.29) is 5.91 Å². The summed E-state index contributed by atoms with van der Waals surface area (Å²) in [6, 6.07) is 9.32. The maximum Gasteiger partial charge on any atom is 0.254 e. The lowest BCUT2D eigenvalue weighted by molar-refractivity contribution is 0.0574. The molecule has 2 rings (SSSR count). The summed E-state index contributed by atoms with van der Waals surface area (Å²) in [5.74, 6) is 0.607. The second-order valence-corrected chi connectivity index (χ2v) is 5.18. The van der Waals surface area contributed by atoms with Crippen molar-refractivity contribution in [2.75, 3.05) is 6.54 Å². The van der Waals surface area contributed by atoms with E-state index in [1.807, 2.05) is 4.90 Å². The number of piperidine rings is 1. The van der Waals surface area contributed by atoms with Crippen LogP contribution in [0.1, 0.15) is 42.6 Å². The first kappa shape index (κ1) is 12.6. The Morgan fingerprint density at radius 1 is 1.39 bits per heavy atom. The molecule has 0 bridgehead atoms. The zero-order valence-corrected chi connectivity index (χ0v) is 10.9. The van der Waals surface area contributed by atoms with Crippen LogP contribution in [0.15, 0.2) is 24.3 Å². The van der Waals surface area contributed by atoms with Crippen LogP contribution in [0.2, 0.25) is 0 Å². The van der Waals surface area contributed by atoms with Crippen LogP contribution in [0.3, 0.4) is 0 Å². The van der Waals surface area contributed by atoms with Crippen LogP contribution in [0.4, 0.5) is 0 Å². The van der Waals surface area contributed by atoms with Gasteiger partial charge in [0.05, 0.1) is 11.6 Å². The summed E-state index contributed by atoms with van der Waals surface area (Å²) in [4.78, 5) is 14.4. The summed E-state index contributed by atoms with van der Waals surface area (Å²) >= 11 is 0. The predicted molar refractivity (Wildman–Crippen MR) is 70.1 cm³/mol. The van der Waals surface area contributed by atoms with Gasteiger partial charge in [0, 0.05) is 18.2 Å². The molecular formula is C15H18N2O. The zero-order chi connectivity index (χ0) is 13.1. The third-order valence-corrected chi connectivity index (χ3v) is 3.62. The van der Waals surface area contributed by atoms with Gasteiger partial charge in [-0.3, -0.25) is 4.79 Å². The second kappa shape index (κ2) is 5.22. The fourth-order valence-corrected chi connectivity index (χ4v) is 2.46. The highest BCUT2D eigenvalue weighted by molar-refractivity contribution is 5.94. The van der Waals surface area contributed by atoms with Gasteiger partial charge in [-0.25, -0.2) is 0 Å². The molecule has 0 aromatic heterocycles. The molecule has 1 amide bonds. The number of carbonyl (C=O) groups excluding carboxylic acids is 1. The van der Waals surface area contributed by atoms with Gasteiger partial charge in [0.15, 0.2) is 0 Å². The Hall–Kier alpha value is -1.82. The largest absolute Gasteiger partial charge is 0.336 e. The number of carbonyl (C=O) groups is 1. The predicted octanol–water partition coefficient (Wildman–Crippen LogP) is 2.82. The standard InChI is InChI=1S/C15H18N2O/c1-11-6-7-12(2)17(10-11)15(18)14-5-3-4-13(8-14)9-16/h3-5,8,11-12H,6-7,10H2,1-2H3. The Balaban J connectivity index is 2.22. The number of likely N-dealkylation sites (tertiary alicyclic amines) is 1. The molecule has 0 radical (unpaired) electrons. The maximum absolute atomic E-state index is 12.4. The van der Waals surface area contributed by atoms with Gasteiger partial charge in [0.2, 0.25) is 0 Å².